The van der Waals surface area contributed by atoms with Gasteiger partial charge in [-0.3, -0.25) is 14.3 Å². The highest BCUT2D eigenvalue weighted by molar-refractivity contribution is 6.66. The van der Waals surface area contributed by atoms with Crippen molar-refractivity contribution in [1.82, 2.24) is 9.55 Å². The fraction of sp³-hybridized carbons (Fsp3) is 0.0588. The maximum atomic E-state index is 13.2. The summed E-state index contributed by atoms with van der Waals surface area (Å²) in [5.41, 5.74) is 3.63. The second-order valence-electron chi connectivity index (χ2n) is 5.39. The topological polar surface area (TPSA) is 38.1 Å². The van der Waals surface area contributed by atoms with Crippen LogP contribution in [0.4, 0.5) is 14.9 Å². The maximum Gasteiger partial charge on any atom is 0.321 e. The molecule has 0 atom stereocenters. The molecule has 0 radical (unpaired) electrons. The lowest BCUT2D eigenvalue weighted by Gasteiger charge is -2.29. The molecular formula is C17H10Cl2FN3O. The molecule has 0 N–H and O–H groups in total. The fourth-order valence-corrected chi connectivity index (χ4v) is 3.21. The number of halogens is 3. The number of rotatable bonds is 1. The van der Waals surface area contributed by atoms with Crippen molar-refractivity contribution < 1.29 is 9.18 Å². The van der Waals surface area contributed by atoms with Crippen molar-refractivity contribution >= 4 is 34.3 Å². The minimum absolute atomic E-state index is 0.252. The molecule has 1 aliphatic rings. The van der Waals surface area contributed by atoms with E-state index in [-0.39, 0.29) is 12.4 Å². The van der Waals surface area contributed by atoms with Crippen LogP contribution in [0.3, 0.4) is 0 Å². The summed E-state index contributed by atoms with van der Waals surface area (Å²) in [5, 5.41) is -0.0880. The fourth-order valence-electron chi connectivity index (χ4n) is 2.89. The minimum atomic E-state index is -0.601. The van der Waals surface area contributed by atoms with E-state index in [4.69, 9.17) is 23.2 Å². The molecule has 1 amide bonds. The van der Waals surface area contributed by atoms with Gasteiger partial charge in [-0.2, -0.15) is 0 Å². The number of amides is 1. The number of benzene rings is 2. The summed E-state index contributed by atoms with van der Waals surface area (Å²) in [4.78, 5) is 17.7. The Hall–Kier alpha value is -2.37. The van der Waals surface area contributed by atoms with Crippen molar-refractivity contribution in [1.29, 1.82) is 0 Å². The van der Waals surface area contributed by atoms with Gasteiger partial charge in [-0.25, -0.2) is 9.37 Å². The Kier molecular flexibility index (Phi) is 3.55. The molecule has 0 saturated carbocycles. The van der Waals surface area contributed by atoms with Crippen LogP contribution in [0.2, 0.25) is 5.02 Å². The Morgan fingerprint density at radius 3 is 2.58 bits per heavy atom. The van der Waals surface area contributed by atoms with E-state index < -0.39 is 5.37 Å². The van der Waals surface area contributed by atoms with Gasteiger partial charge in [0.25, 0.3) is 0 Å². The summed E-state index contributed by atoms with van der Waals surface area (Å²) >= 11 is 11.8. The maximum absolute atomic E-state index is 13.2. The summed E-state index contributed by atoms with van der Waals surface area (Å²) in [6, 6.07) is 11.3. The van der Waals surface area contributed by atoms with Gasteiger partial charge in [-0.15, -0.1) is 0 Å². The van der Waals surface area contributed by atoms with Crippen molar-refractivity contribution in [2.45, 2.75) is 6.54 Å². The van der Waals surface area contributed by atoms with Crippen molar-refractivity contribution in [2.75, 3.05) is 4.90 Å². The molecule has 120 valence electrons. The van der Waals surface area contributed by atoms with Crippen LogP contribution in [0.15, 0.2) is 48.8 Å². The smallest absolute Gasteiger partial charge is 0.299 e. The quantitative estimate of drug-likeness (QED) is 0.451. The monoisotopic (exact) mass is 361 g/mol. The highest BCUT2D eigenvalue weighted by Crippen LogP contribution is 2.38. The molecule has 3 aromatic rings. The Labute approximate surface area is 147 Å². The Morgan fingerprint density at radius 2 is 1.88 bits per heavy atom. The first-order chi connectivity index (χ1) is 11.5. The molecule has 4 nitrogen and oxygen atoms in total. The summed E-state index contributed by atoms with van der Waals surface area (Å²) in [6.45, 7) is 0.252. The highest BCUT2D eigenvalue weighted by Gasteiger charge is 2.28. The van der Waals surface area contributed by atoms with E-state index in [1.807, 2.05) is 10.6 Å². The lowest BCUT2D eigenvalue weighted by Crippen LogP contribution is -2.31. The third-order valence-corrected chi connectivity index (χ3v) is 4.43. The third-order valence-electron chi connectivity index (χ3n) is 3.99. The molecule has 0 spiro atoms. The number of hydrogen-bond acceptors (Lipinski definition) is 2. The number of anilines is 1. The summed E-state index contributed by atoms with van der Waals surface area (Å²) < 4.78 is 15.1. The standard InChI is InChI=1S/C17H10Cl2FN3O/c18-11-3-6-13-14(7-11)22(17(19)24)8-15-16(21-9-23(13)15)10-1-4-12(20)5-2-10/h1-7,9H,8H2. The first-order valence-corrected chi connectivity index (χ1v) is 7.89. The Morgan fingerprint density at radius 1 is 1.12 bits per heavy atom. The van der Waals surface area contributed by atoms with Gasteiger partial charge in [0.1, 0.15) is 12.1 Å². The average Bonchev–Trinajstić information content (AvgIpc) is 2.98. The van der Waals surface area contributed by atoms with Crippen LogP contribution in [-0.2, 0) is 6.54 Å². The zero-order valence-electron chi connectivity index (χ0n) is 12.2. The number of carbonyl (C=O) groups excluding carboxylic acids is 1. The molecule has 2 heterocycles. The molecule has 1 aliphatic heterocycles. The molecule has 4 rings (SSSR count). The molecule has 0 aliphatic carbocycles. The van der Waals surface area contributed by atoms with Gasteiger partial charge < -0.3 is 0 Å². The molecule has 0 fully saturated rings. The number of fused-ring (bicyclic) bond motifs is 3. The van der Waals surface area contributed by atoms with Crippen LogP contribution in [0.5, 0.6) is 0 Å². The number of nitrogens with zero attached hydrogens (tertiary/aromatic N) is 3. The summed E-state index contributed by atoms with van der Waals surface area (Å²) in [7, 11) is 0. The van der Waals surface area contributed by atoms with Crippen molar-refractivity contribution in [3.8, 4) is 16.9 Å². The average molecular weight is 362 g/mol. The SMILES string of the molecule is O=C(Cl)N1Cc2c(-c3ccc(F)cc3)ncn2-c2ccc(Cl)cc21. The van der Waals surface area contributed by atoms with Gasteiger partial charge in [0, 0.05) is 10.6 Å². The van der Waals surface area contributed by atoms with Crippen molar-refractivity contribution in [3.05, 3.63) is 65.3 Å². The van der Waals surface area contributed by atoms with Gasteiger partial charge in [0.2, 0.25) is 0 Å². The Balaban J connectivity index is 1.91. The van der Waals surface area contributed by atoms with E-state index in [2.05, 4.69) is 4.98 Å². The second kappa shape index (κ2) is 5.61. The van der Waals surface area contributed by atoms with Gasteiger partial charge >= 0.3 is 5.37 Å². The van der Waals surface area contributed by atoms with Gasteiger partial charge in [-0.1, -0.05) is 11.6 Å². The molecule has 0 saturated heterocycles. The first-order valence-electron chi connectivity index (χ1n) is 7.13. The molecule has 0 unspecified atom stereocenters. The van der Waals surface area contributed by atoms with E-state index in [1.54, 1.807) is 30.6 Å². The van der Waals surface area contributed by atoms with E-state index in [0.717, 1.165) is 16.9 Å². The molecule has 2 aromatic carbocycles. The predicted molar refractivity (Wildman–Crippen MR) is 91.4 cm³/mol. The van der Waals surface area contributed by atoms with Gasteiger partial charge in [0.05, 0.1) is 29.3 Å². The second-order valence-corrected chi connectivity index (χ2v) is 6.15. The molecule has 1 aromatic heterocycles. The summed E-state index contributed by atoms with van der Waals surface area (Å²) in [5.74, 6) is -0.315. The van der Waals surface area contributed by atoms with E-state index in [9.17, 15) is 9.18 Å². The normalized spacial score (nSPS) is 12.7. The van der Waals surface area contributed by atoms with Crippen LogP contribution in [0.1, 0.15) is 5.69 Å². The number of hydrogen-bond donors (Lipinski definition) is 0. The predicted octanol–water partition coefficient (Wildman–Crippen LogP) is 5.01. The van der Waals surface area contributed by atoms with Crippen molar-refractivity contribution in [3.63, 3.8) is 0 Å². The first kappa shape index (κ1) is 15.2. The Bertz CT molecular complexity index is 939. The van der Waals surface area contributed by atoms with Crippen LogP contribution in [-0.4, -0.2) is 14.9 Å². The largest absolute Gasteiger partial charge is 0.321 e. The number of imidazole rings is 1. The van der Waals surface area contributed by atoms with Crippen LogP contribution < -0.4 is 4.90 Å². The highest BCUT2D eigenvalue weighted by atomic mass is 35.5. The zero-order valence-corrected chi connectivity index (χ0v) is 13.7. The van der Waals surface area contributed by atoms with Crippen LogP contribution >= 0.6 is 23.2 Å². The molecule has 24 heavy (non-hydrogen) atoms. The van der Waals surface area contributed by atoms with Crippen LogP contribution in [0, 0.1) is 5.82 Å². The third kappa shape index (κ3) is 2.37. The van der Waals surface area contributed by atoms with E-state index in [1.165, 1.54) is 17.0 Å². The lowest BCUT2D eigenvalue weighted by atomic mass is 10.1. The van der Waals surface area contributed by atoms with Gasteiger partial charge in [-0.05, 0) is 54.1 Å². The van der Waals surface area contributed by atoms with Gasteiger partial charge in [0.15, 0.2) is 0 Å². The number of carbonyl (C=O) groups is 1. The minimum Gasteiger partial charge on any atom is -0.299 e. The molecule has 7 heteroatoms. The summed E-state index contributed by atoms with van der Waals surface area (Å²) in [6.07, 6.45) is 1.68. The van der Waals surface area contributed by atoms with Crippen LogP contribution in [0.25, 0.3) is 16.9 Å². The van der Waals surface area contributed by atoms with E-state index in [0.29, 0.717) is 16.4 Å². The molecule has 0 bridgehead atoms. The molecular weight excluding hydrogens is 352 g/mol. The zero-order chi connectivity index (χ0) is 16.8. The van der Waals surface area contributed by atoms with E-state index >= 15 is 0 Å². The lowest BCUT2D eigenvalue weighted by molar-refractivity contribution is 0.263. The number of aromatic nitrogens is 2. The van der Waals surface area contributed by atoms with Crippen molar-refractivity contribution in [2.24, 2.45) is 0 Å².